The fraction of sp³-hybridized carbons (Fsp3) is 0.467. The van der Waals surface area contributed by atoms with Gasteiger partial charge in [-0.15, -0.1) is 0 Å². The molecule has 0 aliphatic heterocycles. The summed E-state index contributed by atoms with van der Waals surface area (Å²) in [6, 6.07) is 6.10. The largest absolute Gasteiger partial charge is 0.481 e. The van der Waals surface area contributed by atoms with E-state index in [2.05, 4.69) is 5.32 Å². The van der Waals surface area contributed by atoms with E-state index in [0.29, 0.717) is 36.6 Å². The van der Waals surface area contributed by atoms with Gasteiger partial charge in [-0.05, 0) is 49.8 Å². The Morgan fingerprint density at radius 3 is 2.65 bits per heavy atom. The van der Waals surface area contributed by atoms with Gasteiger partial charge < -0.3 is 10.4 Å². The molecule has 0 aromatic heterocycles. The van der Waals surface area contributed by atoms with Crippen LogP contribution in [-0.2, 0) is 4.79 Å². The van der Waals surface area contributed by atoms with E-state index in [4.69, 9.17) is 10.4 Å². The van der Waals surface area contributed by atoms with Crippen LogP contribution in [0.15, 0.2) is 18.2 Å². The van der Waals surface area contributed by atoms with Crippen LogP contribution in [-0.4, -0.2) is 17.6 Å². The Labute approximate surface area is 117 Å². The maximum Gasteiger partial charge on any atom is 0.306 e. The summed E-state index contributed by atoms with van der Waals surface area (Å²) in [5.41, 5.74) is 0.893. The quantitative estimate of drug-likeness (QED) is 0.886. The molecule has 0 heterocycles. The molecular formula is C15H17FN2O2. The van der Waals surface area contributed by atoms with Gasteiger partial charge in [0.1, 0.15) is 5.82 Å². The van der Waals surface area contributed by atoms with E-state index < -0.39 is 11.8 Å². The summed E-state index contributed by atoms with van der Waals surface area (Å²) in [4.78, 5) is 10.9. The maximum absolute atomic E-state index is 13.3. The van der Waals surface area contributed by atoms with Gasteiger partial charge in [-0.3, -0.25) is 4.79 Å². The molecule has 0 unspecified atom stereocenters. The van der Waals surface area contributed by atoms with Crippen molar-refractivity contribution in [1.29, 1.82) is 5.26 Å². The lowest BCUT2D eigenvalue weighted by molar-refractivity contribution is -0.143. The predicted molar refractivity (Wildman–Crippen MR) is 72.7 cm³/mol. The van der Waals surface area contributed by atoms with Gasteiger partial charge in [-0.25, -0.2) is 4.39 Å². The molecule has 0 spiro atoms. The van der Waals surface area contributed by atoms with Gasteiger partial charge in [-0.1, -0.05) is 0 Å². The number of carboxylic acids is 1. The van der Waals surface area contributed by atoms with Crippen LogP contribution in [0.25, 0.3) is 0 Å². The SMILES string of the molecule is N#Cc1cc(F)cc(NCC2CCC(C(=O)O)CC2)c1. The smallest absolute Gasteiger partial charge is 0.306 e. The van der Waals surface area contributed by atoms with Crippen molar-refractivity contribution in [2.45, 2.75) is 25.7 Å². The fourth-order valence-electron chi connectivity index (χ4n) is 2.63. The first-order valence-electron chi connectivity index (χ1n) is 6.76. The third kappa shape index (κ3) is 3.70. The van der Waals surface area contributed by atoms with Gasteiger partial charge in [0.25, 0.3) is 0 Å². The lowest BCUT2D eigenvalue weighted by atomic mass is 9.82. The summed E-state index contributed by atoms with van der Waals surface area (Å²) in [6.07, 6.45) is 3.14. The first kappa shape index (κ1) is 14.3. The zero-order chi connectivity index (χ0) is 14.5. The molecule has 0 radical (unpaired) electrons. The molecule has 0 amide bonds. The van der Waals surface area contributed by atoms with E-state index in [1.807, 2.05) is 6.07 Å². The number of hydrogen-bond acceptors (Lipinski definition) is 3. The van der Waals surface area contributed by atoms with Gasteiger partial charge in [0.2, 0.25) is 0 Å². The highest BCUT2D eigenvalue weighted by Crippen LogP contribution is 2.29. The van der Waals surface area contributed by atoms with E-state index in [9.17, 15) is 9.18 Å². The molecule has 106 valence electrons. The lowest BCUT2D eigenvalue weighted by Gasteiger charge is -2.26. The Hall–Kier alpha value is -2.09. The second kappa shape index (κ2) is 6.38. The molecular weight excluding hydrogens is 259 g/mol. The molecule has 1 fully saturated rings. The first-order valence-corrected chi connectivity index (χ1v) is 6.76. The summed E-state index contributed by atoms with van der Waals surface area (Å²) in [7, 11) is 0. The van der Waals surface area contributed by atoms with Crippen molar-refractivity contribution in [3.8, 4) is 6.07 Å². The van der Waals surface area contributed by atoms with Crippen LogP contribution >= 0.6 is 0 Å². The molecule has 0 atom stereocenters. The molecule has 1 aliphatic carbocycles. The second-order valence-corrected chi connectivity index (χ2v) is 5.28. The van der Waals surface area contributed by atoms with Crippen molar-refractivity contribution in [3.63, 3.8) is 0 Å². The van der Waals surface area contributed by atoms with Gasteiger partial charge >= 0.3 is 5.97 Å². The Bertz CT molecular complexity index is 531. The number of nitrogens with zero attached hydrogens (tertiary/aromatic N) is 1. The third-order valence-corrected chi connectivity index (χ3v) is 3.82. The van der Waals surface area contributed by atoms with Crippen LogP contribution in [0, 0.1) is 29.0 Å². The van der Waals surface area contributed by atoms with E-state index >= 15 is 0 Å². The summed E-state index contributed by atoms with van der Waals surface area (Å²) in [5.74, 6) is -0.952. The Kier molecular flexibility index (Phi) is 4.57. The van der Waals surface area contributed by atoms with Crippen LogP contribution < -0.4 is 5.32 Å². The van der Waals surface area contributed by atoms with Crippen molar-refractivity contribution in [3.05, 3.63) is 29.6 Å². The molecule has 5 heteroatoms. The number of rotatable bonds is 4. The van der Waals surface area contributed by atoms with Crippen molar-refractivity contribution < 1.29 is 14.3 Å². The van der Waals surface area contributed by atoms with Crippen LogP contribution in [0.2, 0.25) is 0 Å². The maximum atomic E-state index is 13.3. The Balaban J connectivity index is 1.86. The number of benzene rings is 1. The number of hydrogen-bond donors (Lipinski definition) is 2. The summed E-state index contributed by atoms with van der Waals surface area (Å²) >= 11 is 0. The standard InChI is InChI=1S/C15H17FN2O2/c16-13-5-11(8-17)6-14(7-13)18-9-10-1-3-12(4-2-10)15(19)20/h5-7,10,12,18H,1-4,9H2,(H,19,20). The monoisotopic (exact) mass is 276 g/mol. The van der Waals surface area contributed by atoms with E-state index in [0.717, 1.165) is 12.8 Å². The average Bonchev–Trinajstić information content (AvgIpc) is 2.45. The van der Waals surface area contributed by atoms with E-state index in [-0.39, 0.29) is 5.92 Å². The van der Waals surface area contributed by atoms with E-state index in [1.165, 1.54) is 12.1 Å². The van der Waals surface area contributed by atoms with Crippen LogP contribution in [0.3, 0.4) is 0 Å². The minimum Gasteiger partial charge on any atom is -0.481 e. The van der Waals surface area contributed by atoms with Crippen molar-refractivity contribution >= 4 is 11.7 Å². The molecule has 1 saturated carbocycles. The highest BCUT2D eigenvalue weighted by molar-refractivity contribution is 5.70. The number of carbonyl (C=O) groups is 1. The number of aliphatic carboxylic acids is 1. The van der Waals surface area contributed by atoms with Crippen LogP contribution in [0.1, 0.15) is 31.2 Å². The minimum absolute atomic E-state index is 0.217. The van der Waals surface area contributed by atoms with Gasteiger partial charge in [0.15, 0.2) is 0 Å². The number of carboxylic acid groups (broad SMARTS) is 1. The zero-order valence-corrected chi connectivity index (χ0v) is 11.1. The molecule has 0 bridgehead atoms. The fourth-order valence-corrected chi connectivity index (χ4v) is 2.63. The minimum atomic E-state index is -0.708. The lowest BCUT2D eigenvalue weighted by Crippen LogP contribution is -2.25. The number of anilines is 1. The topological polar surface area (TPSA) is 73.1 Å². The highest BCUT2D eigenvalue weighted by Gasteiger charge is 2.25. The van der Waals surface area contributed by atoms with Crippen LogP contribution in [0.5, 0.6) is 0 Å². The molecule has 1 aromatic rings. The number of nitriles is 1. The summed E-state index contributed by atoms with van der Waals surface area (Å²) < 4.78 is 13.3. The Morgan fingerprint density at radius 2 is 2.05 bits per heavy atom. The molecule has 0 saturated heterocycles. The van der Waals surface area contributed by atoms with Gasteiger partial charge in [0.05, 0.1) is 17.6 Å². The highest BCUT2D eigenvalue weighted by atomic mass is 19.1. The predicted octanol–water partition coefficient (Wildman–Crippen LogP) is 3.00. The molecule has 20 heavy (non-hydrogen) atoms. The Morgan fingerprint density at radius 1 is 1.35 bits per heavy atom. The molecule has 4 nitrogen and oxygen atoms in total. The molecule has 2 rings (SSSR count). The van der Waals surface area contributed by atoms with Gasteiger partial charge in [0, 0.05) is 12.2 Å². The van der Waals surface area contributed by atoms with Crippen molar-refractivity contribution in [2.24, 2.45) is 11.8 Å². The second-order valence-electron chi connectivity index (χ2n) is 5.28. The first-order chi connectivity index (χ1) is 9.58. The van der Waals surface area contributed by atoms with Crippen LogP contribution in [0.4, 0.5) is 10.1 Å². The summed E-state index contributed by atoms with van der Waals surface area (Å²) in [5, 5.41) is 20.9. The van der Waals surface area contributed by atoms with Crippen molar-refractivity contribution in [1.82, 2.24) is 0 Å². The number of halogens is 1. The van der Waals surface area contributed by atoms with Crippen molar-refractivity contribution in [2.75, 3.05) is 11.9 Å². The average molecular weight is 276 g/mol. The molecule has 1 aliphatic rings. The zero-order valence-electron chi connectivity index (χ0n) is 11.1. The normalized spacial score (nSPS) is 22.0. The van der Waals surface area contributed by atoms with Gasteiger partial charge in [-0.2, -0.15) is 5.26 Å². The third-order valence-electron chi connectivity index (χ3n) is 3.82. The summed E-state index contributed by atoms with van der Waals surface area (Å²) in [6.45, 7) is 0.681. The number of nitrogens with one attached hydrogen (secondary N) is 1. The van der Waals surface area contributed by atoms with E-state index in [1.54, 1.807) is 6.07 Å². The molecule has 1 aromatic carbocycles. The molecule has 2 N–H and O–H groups in total.